The summed E-state index contributed by atoms with van der Waals surface area (Å²) < 4.78 is 2.89. The maximum absolute atomic E-state index is 13.0. The molecule has 4 aromatic rings. The molecule has 0 bridgehead atoms. The van der Waals surface area contributed by atoms with Crippen LogP contribution in [-0.2, 0) is 0 Å². The lowest BCUT2D eigenvalue weighted by Gasteiger charge is -2.06. The van der Waals surface area contributed by atoms with Crippen molar-refractivity contribution in [1.29, 1.82) is 0 Å². The maximum Gasteiger partial charge on any atom is 0.292 e. The first-order valence-electron chi connectivity index (χ1n) is 7.40. The summed E-state index contributed by atoms with van der Waals surface area (Å²) in [5.74, 6) is 0. The number of hydrogen-bond donors (Lipinski definition) is 0. The number of pyridine rings is 1. The van der Waals surface area contributed by atoms with Gasteiger partial charge in [-0.3, -0.25) is 4.79 Å². The summed E-state index contributed by atoms with van der Waals surface area (Å²) in [5, 5.41) is 9.41. The van der Waals surface area contributed by atoms with Crippen LogP contribution in [0.1, 0.15) is 16.8 Å². The Morgan fingerprint density at radius 2 is 1.92 bits per heavy atom. The van der Waals surface area contributed by atoms with Crippen LogP contribution in [0.4, 0.5) is 0 Å². The molecule has 0 atom stereocenters. The van der Waals surface area contributed by atoms with Crippen LogP contribution in [0.2, 0.25) is 0 Å². The lowest BCUT2D eigenvalue weighted by molar-refractivity contribution is 0.737. The first-order chi connectivity index (χ1) is 11.5. The Balaban J connectivity index is 2.12. The van der Waals surface area contributed by atoms with Gasteiger partial charge in [0.05, 0.1) is 11.4 Å². The van der Waals surface area contributed by atoms with Gasteiger partial charge >= 0.3 is 0 Å². The van der Waals surface area contributed by atoms with Gasteiger partial charge in [-0.05, 0) is 53.9 Å². The van der Waals surface area contributed by atoms with Gasteiger partial charge in [-0.2, -0.15) is 4.68 Å². The minimum Gasteiger partial charge on any atom is -0.266 e. The van der Waals surface area contributed by atoms with Crippen molar-refractivity contribution in [2.24, 2.45) is 0 Å². The second-order valence-corrected chi connectivity index (χ2v) is 7.48. The summed E-state index contributed by atoms with van der Waals surface area (Å²) in [6.45, 7) is 5.89. The molecule has 0 radical (unpaired) electrons. The highest BCUT2D eigenvalue weighted by Gasteiger charge is 2.18. The molecule has 1 aromatic carbocycles. The van der Waals surface area contributed by atoms with Gasteiger partial charge < -0.3 is 0 Å². The van der Waals surface area contributed by atoms with Gasteiger partial charge in [0.1, 0.15) is 15.0 Å². The van der Waals surface area contributed by atoms with Crippen LogP contribution >= 0.6 is 27.3 Å². The van der Waals surface area contributed by atoms with Crippen molar-refractivity contribution in [1.82, 2.24) is 20.0 Å². The molecule has 0 unspecified atom stereocenters. The molecule has 0 N–H and O–H groups in total. The third-order valence-corrected chi connectivity index (χ3v) is 6.35. The zero-order valence-electron chi connectivity index (χ0n) is 13.3. The number of rotatable bonds is 1. The molecule has 0 saturated carbocycles. The molecule has 0 aliphatic heterocycles. The molecule has 7 heteroatoms. The van der Waals surface area contributed by atoms with Crippen LogP contribution in [0, 0.1) is 20.8 Å². The second kappa shape index (κ2) is 5.46. The van der Waals surface area contributed by atoms with Crippen molar-refractivity contribution in [2.75, 3.05) is 0 Å². The number of para-hydroxylation sites is 1. The smallest absolute Gasteiger partial charge is 0.266 e. The number of fused-ring (bicyclic) bond motifs is 3. The number of thiophene rings is 1. The maximum atomic E-state index is 13.0. The Bertz CT molecular complexity index is 1180. The van der Waals surface area contributed by atoms with Crippen LogP contribution in [0.5, 0.6) is 0 Å². The molecule has 120 valence electrons. The zero-order valence-corrected chi connectivity index (χ0v) is 15.7. The van der Waals surface area contributed by atoms with Crippen molar-refractivity contribution in [2.45, 2.75) is 20.8 Å². The topological polar surface area (TPSA) is 60.7 Å². The summed E-state index contributed by atoms with van der Waals surface area (Å²) >= 11 is 4.93. The van der Waals surface area contributed by atoms with E-state index in [4.69, 9.17) is 0 Å². The summed E-state index contributed by atoms with van der Waals surface area (Å²) in [4.78, 5) is 18.4. The van der Waals surface area contributed by atoms with E-state index in [1.54, 1.807) is 0 Å². The summed E-state index contributed by atoms with van der Waals surface area (Å²) in [5.41, 5.74) is 4.12. The average molecular weight is 401 g/mol. The highest BCUT2D eigenvalue weighted by Crippen LogP contribution is 2.35. The molecule has 0 aliphatic rings. The fourth-order valence-electron chi connectivity index (χ4n) is 2.84. The van der Waals surface area contributed by atoms with Crippen LogP contribution in [0.3, 0.4) is 0 Å². The largest absolute Gasteiger partial charge is 0.292 e. The van der Waals surface area contributed by atoms with E-state index in [0.717, 1.165) is 37.2 Å². The van der Waals surface area contributed by atoms with Gasteiger partial charge in [0, 0.05) is 9.86 Å². The van der Waals surface area contributed by atoms with Crippen molar-refractivity contribution in [3.8, 4) is 5.69 Å². The standard InChI is InChI=1S/C17H13BrN4OS/c1-8-6-4-5-7-11(8)22-17(23)15-14(20-21-22)12-9(2)13(18)10(3)19-16(12)24-15/h4-7H,1-3H3. The van der Waals surface area contributed by atoms with Crippen LogP contribution in [0.15, 0.2) is 33.5 Å². The first-order valence-corrected chi connectivity index (χ1v) is 9.01. The second-order valence-electron chi connectivity index (χ2n) is 5.69. The van der Waals surface area contributed by atoms with Gasteiger partial charge in [0.15, 0.2) is 0 Å². The number of aromatic nitrogens is 4. The minimum absolute atomic E-state index is 0.162. The highest BCUT2D eigenvalue weighted by atomic mass is 79.9. The molecule has 0 aliphatic carbocycles. The number of benzene rings is 1. The molecule has 5 nitrogen and oxygen atoms in total. The van der Waals surface area contributed by atoms with E-state index in [2.05, 4.69) is 31.2 Å². The lowest BCUT2D eigenvalue weighted by Crippen LogP contribution is -2.22. The molecule has 0 saturated heterocycles. The van der Waals surface area contributed by atoms with Gasteiger partial charge in [0.2, 0.25) is 0 Å². The molecule has 3 aromatic heterocycles. The highest BCUT2D eigenvalue weighted by molar-refractivity contribution is 9.10. The van der Waals surface area contributed by atoms with Gasteiger partial charge in [0.25, 0.3) is 5.56 Å². The molecular formula is C17H13BrN4OS. The molecular weight excluding hydrogens is 388 g/mol. The van der Waals surface area contributed by atoms with Gasteiger partial charge in [-0.25, -0.2) is 4.98 Å². The molecule has 4 rings (SSSR count). The normalized spacial score (nSPS) is 11.5. The van der Waals surface area contributed by atoms with Gasteiger partial charge in [-0.1, -0.05) is 23.4 Å². The van der Waals surface area contributed by atoms with E-state index in [9.17, 15) is 4.79 Å². The van der Waals surface area contributed by atoms with Crippen LogP contribution < -0.4 is 5.56 Å². The molecule has 3 heterocycles. The quantitative estimate of drug-likeness (QED) is 0.482. The van der Waals surface area contributed by atoms with Crippen LogP contribution in [0.25, 0.3) is 26.1 Å². The third-order valence-electron chi connectivity index (χ3n) is 4.12. The first kappa shape index (κ1) is 15.4. The monoisotopic (exact) mass is 400 g/mol. The summed E-state index contributed by atoms with van der Waals surface area (Å²) in [6.07, 6.45) is 0. The molecule has 24 heavy (non-hydrogen) atoms. The van der Waals surface area contributed by atoms with Gasteiger partial charge in [-0.15, -0.1) is 16.4 Å². The predicted octanol–water partition coefficient (Wildman–Crippen LogP) is 4.08. The lowest BCUT2D eigenvalue weighted by atomic mass is 10.1. The number of hydrogen-bond acceptors (Lipinski definition) is 5. The minimum atomic E-state index is -0.162. The van der Waals surface area contributed by atoms with Crippen molar-refractivity contribution in [3.05, 3.63) is 55.9 Å². The Hall–Kier alpha value is -2.12. The molecule has 0 amide bonds. The van der Waals surface area contributed by atoms with E-state index in [0.29, 0.717) is 10.2 Å². The SMILES string of the molecule is Cc1ccccc1-n1nnc2c(sc3nc(C)c(Br)c(C)c32)c1=O. The fraction of sp³-hybridized carbons (Fsp3) is 0.176. The van der Waals surface area contributed by atoms with E-state index in [1.807, 2.05) is 45.0 Å². The number of halogens is 1. The molecule has 0 spiro atoms. The molecule has 0 fully saturated rings. The van der Waals surface area contributed by atoms with Crippen molar-refractivity contribution < 1.29 is 0 Å². The fourth-order valence-corrected chi connectivity index (χ4v) is 4.26. The Morgan fingerprint density at radius 3 is 2.67 bits per heavy atom. The van der Waals surface area contributed by atoms with Crippen molar-refractivity contribution >= 4 is 47.7 Å². The predicted molar refractivity (Wildman–Crippen MR) is 100 cm³/mol. The number of nitrogens with zero attached hydrogens (tertiary/aromatic N) is 4. The van der Waals surface area contributed by atoms with E-state index >= 15 is 0 Å². The zero-order chi connectivity index (χ0) is 17.0. The van der Waals surface area contributed by atoms with E-state index < -0.39 is 0 Å². The Morgan fingerprint density at radius 1 is 1.17 bits per heavy atom. The summed E-state index contributed by atoms with van der Waals surface area (Å²) in [7, 11) is 0. The number of aryl methyl sites for hydroxylation is 3. The summed E-state index contributed by atoms with van der Waals surface area (Å²) in [6, 6.07) is 7.64. The average Bonchev–Trinajstić information content (AvgIpc) is 2.93. The third kappa shape index (κ3) is 2.12. The van der Waals surface area contributed by atoms with Crippen LogP contribution in [-0.4, -0.2) is 20.0 Å². The van der Waals surface area contributed by atoms with Crippen molar-refractivity contribution in [3.63, 3.8) is 0 Å². The van der Waals surface area contributed by atoms with E-state index in [-0.39, 0.29) is 5.56 Å². The Labute approximate surface area is 150 Å². The Kier molecular flexibility index (Phi) is 3.51. The van der Waals surface area contributed by atoms with E-state index in [1.165, 1.54) is 16.0 Å².